The molecule has 2 N–H and O–H groups in total. The van der Waals surface area contributed by atoms with E-state index in [-0.39, 0.29) is 17.0 Å². The van der Waals surface area contributed by atoms with Gasteiger partial charge < -0.3 is 10.1 Å². The highest BCUT2D eigenvalue weighted by Crippen LogP contribution is 2.62. The molecule has 2 aromatic rings. The Kier molecular flexibility index (Phi) is 8.40. The minimum Gasteiger partial charge on any atom is -0.494 e. The summed E-state index contributed by atoms with van der Waals surface area (Å²) in [6.45, 7) is 5.15. The molecule has 0 saturated heterocycles. The van der Waals surface area contributed by atoms with E-state index in [1.165, 1.54) is 62.5 Å². The van der Waals surface area contributed by atoms with Crippen LogP contribution in [0.5, 0.6) is 5.75 Å². The van der Waals surface area contributed by atoms with Crippen molar-refractivity contribution in [2.24, 2.45) is 16.9 Å². The fourth-order valence-corrected chi connectivity index (χ4v) is 7.81. The van der Waals surface area contributed by atoms with Gasteiger partial charge in [-0.2, -0.15) is 5.10 Å². The van der Waals surface area contributed by atoms with Crippen LogP contribution < -0.4 is 15.5 Å². The Morgan fingerprint density at radius 2 is 1.63 bits per heavy atom. The maximum absolute atomic E-state index is 12.9. The van der Waals surface area contributed by atoms with Crippen molar-refractivity contribution < 1.29 is 9.53 Å². The van der Waals surface area contributed by atoms with Gasteiger partial charge in [-0.25, -0.2) is 10.2 Å². The average Bonchev–Trinajstić information content (AvgIpc) is 2.88. The van der Waals surface area contributed by atoms with E-state index in [4.69, 9.17) is 4.74 Å². The van der Waals surface area contributed by atoms with Crippen LogP contribution in [0, 0.1) is 18.8 Å². The highest BCUT2D eigenvalue weighted by Gasteiger charge is 2.58. The molecule has 0 heterocycles. The highest BCUT2D eigenvalue weighted by atomic mass is 16.5. The van der Waals surface area contributed by atoms with Crippen LogP contribution in [0.3, 0.4) is 0 Å². The summed E-state index contributed by atoms with van der Waals surface area (Å²) in [6, 6.07) is 16.8. The highest BCUT2D eigenvalue weighted by molar-refractivity contribution is 5.82. The van der Waals surface area contributed by atoms with E-state index in [2.05, 4.69) is 54.0 Å². The van der Waals surface area contributed by atoms with Gasteiger partial charge in [0, 0.05) is 5.54 Å². The maximum atomic E-state index is 12.9. The van der Waals surface area contributed by atoms with Crippen LogP contribution in [0.1, 0.15) is 101 Å². The molecular weight excluding hydrogens is 470 g/mol. The van der Waals surface area contributed by atoms with Gasteiger partial charge in [-0.15, -0.1) is 0 Å². The molecule has 0 radical (unpaired) electrons. The zero-order valence-electron chi connectivity index (χ0n) is 23.3. The normalized spacial score (nSPS) is 27.5. The molecule has 2 amide bonds. The molecule has 38 heavy (non-hydrogen) atoms. The summed E-state index contributed by atoms with van der Waals surface area (Å²) in [5.41, 5.74) is 6.51. The third kappa shape index (κ3) is 6.42. The maximum Gasteiger partial charge on any atom is 0.335 e. The Hall–Kier alpha value is -2.82. The van der Waals surface area contributed by atoms with E-state index in [0.29, 0.717) is 11.8 Å². The third-order valence-electron chi connectivity index (χ3n) is 9.13. The standard InChI is InChI=1S/C33H45N3O2/c1-3-4-5-6-7-8-17-38-30-15-11-26(12-16-30)23-34-36-31(37)35-33-21-27-18-28(22-33)20-32(19-27,24-33)29-13-9-25(2)10-14-29/h9-16,23,27-28H,3-8,17-22,24H2,1-2H3,(H2,35,36,37)/b34-23-/t27-,28-,32?,33?/m0/s1. The van der Waals surface area contributed by atoms with E-state index < -0.39 is 0 Å². The number of ether oxygens (including phenoxy) is 1. The molecule has 5 heteroatoms. The lowest BCUT2D eigenvalue weighted by atomic mass is 9.45. The molecule has 4 fully saturated rings. The number of unbranched alkanes of at least 4 members (excludes halogenated alkanes) is 5. The molecule has 2 aromatic carbocycles. The fourth-order valence-electron chi connectivity index (χ4n) is 7.81. The first kappa shape index (κ1) is 26.8. The number of hydrogen-bond acceptors (Lipinski definition) is 3. The first-order valence-corrected chi connectivity index (χ1v) is 14.9. The van der Waals surface area contributed by atoms with Gasteiger partial charge in [-0.3, -0.25) is 0 Å². The van der Waals surface area contributed by atoms with Crippen LogP contribution in [-0.2, 0) is 5.41 Å². The van der Waals surface area contributed by atoms with Gasteiger partial charge in [0.25, 0.3) is 0 Å². The molecule has 0 unspecified atom stereocenters. The average molecular weight is 516 g/mol. The quantitative estimate of drug-likeness (QED) is 0.173. The lowest BCUT2D eigenvalue weighted by Gasteiger charge is -2.62. The first-order valence-electron chi connectivity index (χ1n) is 14.9. The van der Waals surface area contributed by atoms with Crippen LogP contribution in [0.4, 0.5) is 4.79 Å². The first-order chi connectivity index (χ1) is 18.5. The second-order valence-corrected chi connectivity index (χ2v) is 12.4. The minimum atomic E-state index is -0.193. The number of carbonyl (C=O) groups excluding carboxylic acids is 1. The van der Waals surface area contributed by atoms with E-state index >= 15 is 0 Å². The summed E-state index contributed by atoms with van der Waals surface area (Å²) in [5.74, 6) is 2.28. The Morgan fingerprint density at radius 3 is 2.34 bits per heavy atom. The van der Waals surface area contributed by atoms with Crippen LogP contribution in [0.25, 0.3) is 0 Å². The van der Waals surface area contributed by atoms with Gasteiger partial charge in [0.15, 0.2) is 0 Å². The molecule has 5 nitrogen and oxygen atoms in total. The third-order valence-corrected chi connectivity index (χ3v) is 9.13. The van der Waals surface area contributed by atoms with Crippen LogP contribution in [0.15, 0.2) is 53.6 Å². The molecular formula is C33H45N3O2. The summed E-state index contributed by atoms with van der Waals surface area (Å²) >= 11 is 0. The monoisotopic (exact) mass is 515 g/mol. The van der Waals surface area contributed by atoms with Crippen LogP contribution in [-0.4, -0.2) is 24.4 Å². The Bertz CT molecular complexity index is 1080. The van der Waals surface area contributed by atoms with Gasteiger partial charge >= 0.3 is 6.03 Å². The molecule has 4 aliphatic rings. The molecule has 0 aromatic heterocycles. The summed E-state index contributed by atoms with van der Waals surface area (Å²) in [4.78, 5) is 12.9. The summed E-state index contributed by atoms with van der Waals surface area (Å²) in [7, 11) is 0. The van der Waals surface area contributed by atoms with Gasteiger partial charge in [-0.1, -0.05) is 68.9 Å². The molecule has 4 bridgehead atoms. The number of hydrazone groups is 1. The van der Waals surface area contributed by atoms with E-state index in [1.807, 2.05) is 24.3 Å². The van der Waals surface area contributed by atoms with Gasteiger partial charge in [0.2, 0.25) is 0 Å². The number of nitrogens with zero attached hydrogens (tertiary/aromatic N) is 1. The molecule has 0 spiro atoms. The Labute approximate surface area is 228 Å². The molecule has 4 aliphatic carbocycles. The van der Waals surface area contributed by atoms with Crippen molar-refractivity contribution in [3.05, 3.63) is 65.2 Å². The van der Waals surface area contributed by atoms with Crippen molar-refractivity contribution in [1.29, 1.82) is 0 Å². The number of hydrogen-bond donors (Lipinski definition) is 2. The second kappa shape index (κ2) is 11.9. The number of urea groups is 1. The predicted octanol–water partition coefficient (Wildman–Crippen LogP) is 7.66. The van der Waals surface area contributed by atoms with Crippen molar-refractivity contribution in [3.8, 4) is 5.75 Å². The molecule has 2 atom stereocenters. The minimum absolute atomic E-state index is 0.121. The zero-order chi connectivity index (χ0) is 26.4. The Balaban J connectivity index is 1.10. The Morgan fingerprint density at radius 1 is 0.947 bits per heavy atom. The van der Waals surface area contributed by atoms with Crippen LogP contribution >= 0.6 is 0 Å². The number of amides is 2. The molecule has 4 saturated carbocycles. The molecule has 6 rings (SSSR count). The van der Waals surface area contributed by atoms with E-state index in [1.54, 1.807) is 6.21 Å². The van der Waals surface area contributed by atoms with Crippen molar-refractivity contribution >= 4 is 12.2 Å². The lowest BCUT2D eigenvalue weighted by molar-refractivity contribution is -0.0349. The largest absolute Gasteiger partial charge is 0.494 e. The SMILES string of the molecule is CCCCCCCCOc1ccc(/C=N\NC(=O)NC23C[C@H]4C[C@H](C2)CC(c2ccc(C)cc2)(C4)C3)cc1. The molecule has 0 aliphatic heterocycles. The van der Waals surface area contributed by atoms with Crippen molar-refractivity contribution in [3.63, 3.8) is 0 Å². The second-order valence-electron chi connectivity index (χ2n) is 12.4. The van der Waals surface area contributed by atoms with Crippen LogP contribution in [0.2, 0.25) is 0 Å². The summed E-state index contributed by atoms with van der Waals surface area (Å²) in [6.07, 6.45) is 16.3. The van der Waals surface area contributed by atoms with Gasteiger partial charge in [0.05, 0.1) is 12.8 Å². The van der Waals surface area contributed by atoms with E-state index in [0.717, 1.165) is 43.6 Å². The number of nitrogens with one attached hydrogen (secondary N) is 2. The summed E-state index contributed by atoms with van der Waals surface area (Å²) < 4.78 is 5.87. The predicted molar refractivity (Wildman–Crippen MR) is 155 cm³/mol. The number of benzene rings is 2. The zero-order valence-corrected chi connectivity index (χ0v) is 23.3. The van der Waals surface area contributed by atoms with Crippen molar-refractivity contribution in [2.75, 3.05) is 6.61 Å². The summed E-state index contributed by atoms with van der Waals surface area (Å²) in [5, 5.41) is 7.62. The fraction of sp³-hybridized carbons (Fsp3) is 0.576. The van der Waals surface area contributed by atoms with Crippen molar-refractivity contribution in [1.82, 2.24) is 10.7 Å². The van der Waals surface area contributed by atoms with Gasteiger partial charge in [-0.05, 0) is 105 Å². The lowest BCUT2D eigenvalue weighted by Crippen LogP contribution is -2.65. The number of aryl methyl sites for hydroxylation is 1. The topological polar surface area (TPSA) is 62.7 Å². The van der Waals surface area contributed by atoms with E-state index in [9.17, 15) is 4.79 Å². The smallest absolute Gasteiger partial charge is 0.335 e. The number of rotatable bonds is 12. The van der Waals surface area contributed by atoms with Gasteiger partial charge in [0.1, 0.15) is 5.75 Å². The van der Waals surface area contributed by atoms with Crippen molar-refractivity contribution in [2.45, 2.75) is 102 Å². The molecule has 204 valence electrons. The number of carbonyl (C=O) groups is 1.